The number of amides is 3. The fraction of sp³-hybridized carbons (Fsp3) is 0.192. The van der Waals surface area contributed by atoms with E-state index in [1.807, 2.05) is 6.07 Å². The van der Waals surface area contributed by atoms with E-state index >= 15 is 0 Å². The van der Waals surface area contributed by atoms with E-state index in [9.17, 15) is 27.6 Å². The monoisotopic (exact) mass is 497 g/mol. The Morgan fingerprint density at radius 3 is 2.25 bits per heavy atom. The van der Waals surface area contributed by atoms with Gasteiger partial charge in [0.1, 0.15) is 0 Å². The van der Waals surface area contributed by atoms with Gasteiger partial charge in [-0.05, 0) is 72.0 Å². The lowest BCUT2D eigenvalue weighted by molar-refractivity contribution is -0.175. The maximum absolute atomic E-state index is 13.0. The van der Waals surface area contributed by atoms with E-state index in [0.29, 0.717) is 23.2 Å². The first-order valence-corrected chi connectivity index (χ1v) is 11.0. The number of nitrogens with one attached hydrogen (secondary N) is 2. The molecule has 186 valence electrons. The summed E-state index contributed by atoms with van der Waals surface area (Å²) in [7, 11) is 0. The van der Waals surface area contributed by atoms with Crippen LogP contribution in [-0.2, 0) is 22.2 Å². The Balaban J connectivity index is 1.43. The Hall–Kier alpha value is -4.34. The quantitative estimate of drug-likeness (QED) is 0.477. The zero-order chi connectivity index (χ0) is 26.0. The van der Waals surface area contributed by atoms with Crippen molar-refractivity contribution in [3.05, 3.63) is 82.9 Å². The Morgan fingerprint density at radius 2 is 1.58 bits per heavy atom. The first-order chi connectivity index (χ1) is 17.0. The molecule has 3 amide bonds. The second-order valence-electron chi connectivity index (χ2n) is 8.35. The predicted octanol–water partition coefficient (Wildman–Crippen LogP) is 5.80. The maximum Gasteiger partial charge on any atom is 0.416 e. The zero-order valence-corrected chi connectivity index (χ0v) is 19.4. The highest BCUT2D eigenvalue weighted by Gasteiger charge is 2.31. The number of carbonyl (C=O) groups excluding carboxylic acids is 3. The van der Waals surface area contributed by atoms with Gasteiger partial charge < -0.3 is 15.5 Å². The molecule has 2 N–H and O–H groups in total. The highest BCUT2D eigenvalue weighted by Crippen LogP contribution is 2.32. The van der Waals surface area contributed by atoms with E-state index in [1.54, 1.807) is 36.4 Å². The smallest absolute Gasteiger partial charge is 0.338 e. The number of halogens is 3. The number of nitrogens with zero attached hydrogens (tertiary/aromatic N) is 1. The van der Waals surface area contributed by atoms with Gasteiger partial charge in [-0.2, -0.15) is 18.2 Å². The molecule has 0 saturated heterocycles. The second-order valence-corrected chi connectivity index (χ2v) is 8.35. The molecule has 3 aromatic rings. The van der Waals surface area contributed by atoms with Crippen molar-refractivity contribution in [3.63, 3.8) is 0 Å². The lowest BCUT2D eigenvalue weighted by Crippen LogP contribution is -2.38. The van der Waals surface area contributed by atoms with Gasteiger partial charge in [-0.15, -0.1) is 0 Å². The van der Waals surface area contributed by atoms with Gasteiger partial charge in [0, 0.05) is 23.9 Å². The molecule has 0 radical (unpaired) electrons. The zero-order valence-electron chi connectivity index (χ0n) is 19.4. The highest BCUT2D eigenvalue weighted by molar-refractivity contribution is 6.00. The summed E-state index contributed by atoms with van der Waals surface area (Å²) in [4.78, 5) is 40.9. The van der Waals surface area contributed by atoms with Crippen molar-refractivity contribution in [2.45, 2.75) is 26.4 Å². The largest absolute Gasteiger partial charge is 0.416 e. The third-order valence-corrected chi connectivity index (χ3v) is 5.52. The van der Waals surface area contributed by atoms with Crippen LogP contribution in [-0.4, -0.2) is 29.5 Å². The third kappa shape index (κ3) is 5.65. The van der Waals surface area contributed by atoms with Crippen molar-refractivity contribution in [2.24, 2.45) is 0 Å². The summed E-state index contributed by atoms with van der Waals surface area (Å²) in [5.41, 5.74) is 3.01. The number of anilines is 2. The molecule has 36 heavy (non-hydrogen) atoms. The summed E-state index contributed by atoms with van der Waals surface area (Å²) in [5, 5.41) is 6.08. The number of rotatable bonds is 4. The lowest BCUT2D eigenvalue weighted by atomic mass is 9.95. The normalized spacial score (nSPS) is 13.1. The van der Waals surface area contributed by atoms with Gasteiger partial charge in [-0.3, -0.25) is 9.59 Å². The van der Waals surface area contributed by atoms with Crippen LogP contribution in [0.1, 0.15) is 34.0 Å². The van der Waals surface area contributed by atoms with E-state index in [2.05, 4.69) is 10.6 Å². The van der Waals surface area contributed by atoms with Gasteiger partial charge in [-0.25, -0.2) is 4.79 Å². The van der Waals surface area contributed by atoms with E-state index in [-0.39, 0.29) is 18.1 Å². The molecule has 7 nitrogen and oxygen atoms in total. The summed E-state index contributed by atoms with van der Waals surface area (Å²) in [5.74, 6) is -0.935. The molecule has 1 aliphatic heterocycles. The van der Waals surface area contributed by atoms with Gasteiger partial charge >= 0.3 is 18.2 Å². The van der Waals surface area contributed by atoms with Crippen LogP contribution in [0, 0.1) is 6.92 Å². The minimum absolute atomic E-state index is 0.0346. The Labute approximate surface area is 204 Å². The van der Waals surface area contributed by atoms with Crippen molar-refractivity contribution >= 4 is 29.3 Å². The Bertz CT molecular complexity index is 1340. The van der Waals surface area contributed by atoms with Crippen LogP contribution < -0.4 is 10.6 Å². The summed E-state index contributed by atoms with van der Waals surface area (Å²) in [6.07, 6.45) is -3.99. The number of urea groups is 1. The van der Waals surface area contributed by atoms with Crippen LogP contribution >= 0.6 is 0 Å². The number of carbonyl (C=O) groups is 3. The second kappa shape index (κ2) is 9.73. The van der Waals surface area contributed by atoms with Crippen molar-refractivity contribution < 1.29 is 32.4 Å². The molecule has 0 unspecified atom stereocenters. The van der Waals surface area contributed by atoms with Crippen LogP contribution in [0.5, 0.6) is 0 Å². The lowest BCUT2D eigenvalue weighted by Gasteiger charge is -2.26. The molecule has 0 spiro atoms. The molecule has 0 atom stereocenters. The van der Waals surface area contributed by atoms with Crippen molar-refractivity contribution in [2.75, 3.05) is 17.2 Å². The van der Waals surface area contributed by atoms with E-state index < -0.39 is 23.7 Å². The molecule has 0 aromatic heterocycles. The van der Waals surface area contributed by atoms with Gasteiger partial charge in [0.2, 0.25) is 0 Å². The van der Waals surface area contributed by atoms with Gasteiger partial charge in [0.05, 0.1) is 12.1 Å². The number of alkyl halides is 3. The highest BCUT2D eigenvalue weighted by atomic mass is 19.4. The van der Waals surface area contributed by atoms with Crippen LogP contribution in [0.15, 0.2) is 60.7 Å². The minimum atomic E-state index is -4.51. The first-order valence-electron chi connectivity index (χ1n) is 11.0. The molecule has 0 fully saturated rings. The first kappa shape index (κ1) is 24.8. The summed E-state index contributed by atoms with van der Waals surface area (Å²) in [6, 6.07) is 14.9. The van der Waals surface area contributed by atoms with Crippen LogP contribution in [0.3, 0.4) is 0 Å². The molecule has 4 rings (SSSR count). The van der Waals surface area contributed by atoms with E-state index in [1.165, 1.54) is 19.9 Å². The minimum Gasteiger partial charge on any atom is -0.338 e. The molecule has 0 bridgehead atoms. The molecule has 0 aliphatic carbocycles. The predicted molar refractivity (Wildman–Crippen MR) is 127 cm³/mol. The SMILES string of the molecule is CC(=O)ON1CCc2cc(-c3ccc(NC(=O)Nc4cc(C)cc(C(F)(F)F)c4)cc3)ccc2C1=O. The average molecular weight is 497 g/mol. The topological polar surface area (TPSA) is 87.7 Å². The summed E-state index contributed by atoms with van der Waals surface area (Å²) >= 11 is 0. The van der Waals surface area contributed by atoms with Crippen molar-refractivity contribution in [3.8, 4) is 11.1 Å². The standard InChI is InChI=1S/C26H22F3N3O4/c1-15-11-20(26(27,28)29)14-22(12-15)31-25(35)30-21-6-3-17(4-7-21)18-5-8-23-19(13-18)9-10-32(24(23)34)36-16(2)33/h3-8,11-14H,9-10H2,1-2H3,(H2,30,31,35). The average Bonchev–Trinajstić information content (AvgIpc) is 2.80. The van der Waals surface area contributed by atoms with Crippen LogP contribution in [0.4, 0.5) is 29.3 Å². The van der Waals surface area contributed by atoms with Crippen LogP contribution in [0.2, 0.25) is 0 Å². The van der Waals surface area contributed by atoms with Crippen molar-refractivity contribution in [1.82, 2.24) is 5.06 Å². The Morgan fingerprint density at radius 1 is 0.917 bits per heavy atom. The summed E-state index contributed by atoms with van der Waals surface area (Å²) < 4.78 is 39.1. The van der Waals surface area contributed by atoms with Gasteiger partial charge in [0.15, 0.2) is 0 Å². The number of fused-ring (bicyclic) bond motifs is 1. The molecule has 1 heterocycles. The molecule has 1 aliphatic rings. The summed E-state index contributed by atoms with van der Waals surface area (Å²) in [6.45, 7) is 3.02. The molecule has 0 saturated carbocycles. The Kier molecular flexibility index (Phi) is 6.69. The molecule has 3 aromatic carbocycles. The van der Waals surface area contributed by atoms with Gasteiger partial charge in [-0.1, -0.05) is 24.3 Å². The fourth-order valence-corrected chi connectivity index (χ4v) is 3.95. The van der Waals surface area contributed by atoms with Crippen molar-refractivity contribution in [1.29, 1.82) is 0 Å². The number of hydroxylamine groups is 2. The fourth-order valence-electron chi connectivity index (χ4n) is 3.95. The van der Waals surface area contributed by atoms with Gasteiger partial charge in [0.25, 0.3) is 5.91 Å². The third-order valence-electron chi connectivity index (χ3n) is 5.52. The molecule has 10 heteroatoms. The molecular weight excluding hydrogens is 475 g/mol. The number of benzene rings is 3. The van der Waals surface area contributed by atoms with E-state index in [0.717, 1.165) is 33.9 Å². The number of hydrogen-bond acceptors (Lipinski definition) is 4. The molecular formula is C26H22F3N3O4. The maximum atomic E-state index is 13.0. The number of aryl methyl sites for hydroxylation is 1. The van der Waals surface area contributed by atoms with Crippen LogP contribution in [0.25, 0.3) is 11.1 Å². The number of hydrogen-bond donors (Lipinski definition) is 2. The van der Waals surface area contributed by atoms with E-state index in [4.69, 9.17) is 4.84 Å².